The molecule has 2 aromatic heterocycles. The first-order valence-corrected chi connectivity index (χ1v) is 9.45. The fourth-order valence-corrected chi connectivity index (χ4v) is 3.20. The minimum absolute atomic E-state index is 0.0215. The monoisotopic (exact) mass is 399 g/mol. The van der Waals surface area contributed by atoms with E-state index in [1.807, 2.05) is 12.1 Å². The van der Waals surface area contributed by atoms with Gasteiger partial charge in [0, 0.05) is 29.9 Å². The molecule has 0 aliphatic carbocycles. The number of ether oxygens (including phenoxy) is 1. The van der Waals surface area contributed by atoms with Crippen molar-refractivity contribution in [1.29, 1.82) is 0 Å². The molecule has 1 aromatic carbocycles. The van der Waals surface area contributed by atoms with Crippen molar-refractivity contribution >= 4 is 23.2 Å². The highest BCUT2D eigenvalue weighted by Crippen LogP contribution is 2.22. The molecule has 3 rings (SSSR count). The summed E-state index contributed by atoms with van der Waals surface area (Å²) in [7, 11) is 0. The van der Waals surface area contributed by atoms with Gasteiger partial charge in [0.1, 0.15) is 10.8 Å². The second-order valence-corrected chi connectivity index (χ2v) is 6.90. The molecular weight excluding hydrogens is 381 g/mol. The summed E-state index contributed by atoms with van der Waals surface area (Å²) >= 11 is 1.41. The Balaban J connectivity index is 1.48. The lowest BCUT2D eigenvalue weighted by molar-refractivity contribution is -0.154. The maximum atomic E-state index is 12.9. The van der Waals surface area contributed by atoms with Crippen LogP contribution in [-0.2, 0) is 27.3 Å². The second-order valence-electron chi connectivity index (χ2n) is 6.04. The van der Waals surface area contributed by atoms with Crippen molar-refractivity contribution in [3.8, 4) is 10.6 Å². The van der Waals surface area contributed by atoms with Crippen molar-refractivity contribution in [2.75, 3.05) is 0 Å². The molecule has 6 nitrogen and oxygen atoms in total. The number of benzene rings is 1. The standard InChI is InChI=1S/C20H18FN3O3S/c1-13(19(26)23-10-14-4-6-16(21)7-5-14)27-18(25)9-17-12-28-20(24-17)15-3-2-8-22-11-15/h2-8,11-13H,9-10H2,1H3,(H,23,26)/t13-/m0/s1. The van der Waals surface area contributed by atoms with Crippen molar-refractivity contribution in [3.63, 3.8) is 0 Å². The third-order valence-electron chi connectivity index (χ3n) is 3.84. The number of thiazole rings is 1. The summed E-state index contributed by atoms with van der Waals surface area (Å²) in [6, 6.07) is 9.50. The topological polar surface area (TPSA) is 81.2 Å². The molecule has 0 aliphatic heterocycles. The summed E-state index contributed by atoms with van der Waals surface area (Å²) in [5, 5.41) is 5.20. The first kappa shape index (κ1) is 19.6. The molecule has 28 heavy (non-hydrogen) atoms. The predicted molar refractivity (Wildman–Crippen MR) is 103 cm³/mol. The fourth-order valence-electron chi connectivity index (χ4n) is 2.39. The van der Waals surface area contributed by atoms with Gasteiger partial charge in [0.15, 0.2) is 6.10 Å². The number of esters is 1. The number of nitrogens with one attached hydrogen (secondary N) is 1. The van der Waals surface area contributed by atoms with Gasteiger partial charge in [-0.25, -0.2) is 9.37 Å². The normalized spacial score (nSPS) is 11.6. The second kappa shape index (κ2) is 9.18. The Morgan fingerprint density at radius 3 is 2.75 bits per heavy atom. The van der Waals surface area contributed by atoms with E-state index in [0.717, 1.165) is 16.1 Å². The van der Waals surface area contributed by atoms with Crippen LogP contribution in [0.15, 0.2) is 54.2 Å². The van der Waals surface area contributed by atoms with Crippen LogP contribution >= 0.6 is 11.3 Å². The van der Waals surface area contributed by atoms with Crippen LogP contribution < -0.4 is 5.32 Å². The maximum Gasteiger partial charge on any atom is 0.312 e. The van der Waals surface area contributed by atoms with Crippen molar-refractivity contribution < 1.29 is 18.7 Å². The lowest BCUT2D eigenvalue weighted by Gasteiger charge is -2.13. The molecule has 0 unspecified atom stereocenters. The van der Waals surface area contributed by atoms with E-state index in [1.54, 1.807) is 29.9 Å². The van der Waals surface area contributed by atoms with Crippen LogP contribution in [0.4, 0.5) is 4.39 Å². The number of carbonyl (C=O) groups is 2. The van der Waals surface area contributed by atoms with Gasteiger partial charge < -0.3 is 10.1 Å². The Morgan fingerprint density at radius 2 is 2.04 bits per heavy atom. The third kappa shape index (κ3) is 5.43. The number of rotatable bonds is 7. The molecule has 0 spiro atoms. The summed E-state index contributed by atoms with van der Waals surface area (Å²) in [6.45, 7) is 1.72. The van der Waals surface area contributed by atoms with E-state index in [4.69, 9.17) is 4.74 Å². The quantitative estimate of drug-likeness (QED) is 0.618. The number of carbonyl (C=O) groups excluding carboxylic acids is 2. The van der Waals surface area contributed by atoms with Gasteiger partial charge >= 0.3 is 5.97 Å². The van der Waals surface area contributed by atoms with Crippen LogP contribution in [0.1, 0.15) is 18.2 Å². The molecule has 0 aliphatic rings. The Hall–Kier alpha value is -3.13. The minimum Gasteiger partial charge on any atom is -0.452 e. The Morgan fingerprint density at radius 1 is 1.25 bits per heavy atom. The maximum absolute atomic E-state index is 12.9. The van der Waals surface area contributed by atoms with Crippen LogP contribution in [0.2, 0.25) is 0 Å². The van der Waals surface area contributed by atoms with Gasteiger partial charge in [-0.1, -0.05) is 12.1 Å². The predicted octanol–water partition coefficient (Wildman–Crippen LogP) is 3.13. The summed E-state index contributed by atoms with van der Waals surface area (Å²) in [5.41, 5.74) is 2.20. The van der Waals surface area contributed by atoms with Crippen LogP contribution in [0.25, 0.3) is 10.6 Å². The summed E-state index contributed by atoms with van der Waals surface area (Å²) in [6.07, 6.45) is 2.42. The minimum atomic E-state index is -0.940. The van der Waals surface area contributed by atoms with Crippen molar-refractivity contribution in [1.82, 2.24) is 15.3 Å². The zero-order valence-electron chi connectivity index (χ0n) is 15.1. The number of pyridine rings is 1. The van der Waals surface area contributed by atoms with E-state index in [0.29, 0.717) is 5.69 Å². The van der Waals surface area contributed by atoms with Gasteiger partial charge in [-0.3, -0.25) is 14.6 Å². The number of amides is 1. The Labute approximate surface area is 165 Å². The van der Waals surface area contributed by atoms with Gasteiger partial charge in [-0.05, 0) is 36.8 Å². The van der Waals surface area contributed by atoms with Gasteiger partial charge in [-0.15, -0.1) is 11.3 Å². The van der Waals surface area contributed by atoms with Gasteiger partial charge in [0.05, 0.1) is 12.1 Å². The summed E-state index contributed by atoms with van der Waals surface area (Å²) in [4.78, 5) is 32.6. The SMILES string of the molecule is C[C@H](OC(=O)Cc1csc(-c2cccnc2)n1)C(=O)NCc1ccc(F)cc1. The van der Waals surface area contributed by atoms with E-state index in [9.17, 15) is 14.0 Å². The van der Waals surface area contributed by atoms with E-state index in [-0.39, 0.29) is 18.8 Å². The highest BCUT2D eigenvalue weighted by molar-refractivity contribution is 7.13. The molecule has 1 atom stereocenters. The molecule has 0 bridgehead atoms. The average molecular weight is 399 g/mol. The third-order valence-corrected chi connectivity index (χ3v) is 4.78. The largest absolute Gasteiger partial charge is 0.452 e. The van der Waals surface area contributed by atoms with Gasteiger partial charge in [0.25, 0.3) is 5.91 Å². The zero-order valence-corrected chi connectivity index (χ0v) is 15.9. The van der Waals surface area contributed by atoms with E-state index in [1.165, 1.54) is 30.4 Å². The summed E-state index contributed by atoms with van der Waals surface area (Å²) < 4.78 is 18.1. The molecule has 1 N–H and O–H groups in total. The van der Waals surface area contributed by atoms with Crippen LogP contribution in [0, 0.1) is 5.82 Å². The molecule has 2 heterocycles. The molecule has 0 saturated carbocycles. The lowest BCUT2D eigenvalue weighted by atomic mass is 10.2. The number of hydrogen-bond acceptors (Lipinski definition) is 6. The number of aromatic nitrogens is 2. The Kier molecular flexibility index (Phi) is 6.44. The van der Waals surface area contributed by atoms with Crippen LogP contribution in [0.3, 0.4) is 0 Å². The van der Waals surface area contributed by atoms with E-state index >= 15 is 0 Å². The average Bonchev–Trinajstić information content (AvgIpc) is 3.16. The van der Waals surface area contributed by atoms with Crippen molar-refractivity contribution in [3.05, 3.63) is 71.2 Å². The van der Waals surface area contributed by atoms with Crippen LogP contribution in [-0.4, -0.2) is 27.9 Å². The molecule has 0 saturated heterocycles. The van der Waals surface area contributed by atoms with Crippen LogP contribution in [0.5, 0.6) is 0 Å². The number of nitrogens with zero attached hydrogens (tertiary/aromatic N) is 2. The van der Waals surface area contributed by atoms with E-state index < -0.39 is 18.0 Å². The van der Waals surface area contributed by atoms with Gasteiger partial charge in [0.2, 0.25) is 0 Å². The number of halogens is 1. The Bertz CT molecular complexity index is 945. The number of hydrogen-bond donors (Lipinski definition) is 1. The van der Waals surface area contributed by atoms with Gasteiger partial charge in [-0.2, -0.15) is 0 Å². The highest BCUT2D eigenvalue weighted by Gasteiger charge is 2.18. The molecule has 1 amide bonds. The summed E-state index contributed by atoms with van der Waals surface area (Å²) in [5.74, 6) is -1.30. The molecule has 3 aromatic rings. The fraction of sp³-hybridized carbons (Fsp3) is 0.200. The molecular formula is C20H18FN3O3S. The highest BCUT2D eigenvalue weighted by atomic mass is 32.1. The smallest absolute Gasteiger partial charge is 0.312 e. The zero-order chi connectivity index (χ0) is 19.9. The first-order chi connectivity index (χ1) is 13.5. The molecule has 0 fully saturated rings. The first-order valence-electron chi connectivity index (χ1n) is 8.57. The lowest BCUT2D eigenvalue weighted by Crippen LogP contribution is -2.35. The molecule has 144 valence electrons. The molecule has 0 radical (unpaired) electrons. The van der Waals surface area contributed by atoms with Crippen molar-refractivity contribution in [2.24, 2.45) is 0 Å². The van der Waals surface area contributed by atoms with Crippen molar-refractivity contribution in [2.45, 2.75) is 26.0 Å². The molecule has 8 heteroatoms. The van der Waals surface area contributed by atoms with E-state index in [2.05, 4.69) is 15.3 Å².